The molecule has 1 fully saturated rings. The van der Waals surface area contributed by atoms with E-state index in [4.69, 9.17) is 4.74 Å². The highest BCUT2D eigenvalue weighted by atomic mass is 16.5. The molecule has 1 rings (SSSR count). The predicted molar refractivity (Wildman–Crippen MR) is 72.6 cm³/mol. The van der Waals surface area contributed by atoms with E-state index in [0.717, 1.165) is 45.1 Å². The first-order chi connectivity index (χ1) is 8.56. The quantitative estimate of drug-likeness (QED) is 0.615. The van der Waals surface area contributed by atoms with Gasteiger partial charge in [-0.15, -0.1) is 0 Å². The Morgan fingerprint density at radius 3 is 2.61 bits per heavy atom. The van der Waals surface area contributed by atoms with Gasteiger partial charge in [-0.2, -0.15) is 0 Å². The van der Waals surface area contributed by atoms with Crippen molar-refractivity contribution >= 4 is 0 Å². The van der Waals surface area contributed by atoms with Crippen LogP contribution in [-0.2, 0) is 4.74 Å². The molecule has 0 radical (unpaired) electrons. The van der Waals surface area contributed by atoms with E-state index >= 15 is 0 Å². The molecule has 0 aliphatic heterocycles. The van der Waals surface area contributed by atoms with Crippen molar-refractivity contribution in [2.24, 2.45) is 0 Å². The Labute approximate surface area is 111 Å². The van der Waals surface area contributed by atoms with Gasteiger partial charge in [0.05, 0.1) is 18.3 Å². The van der Waals surface area contributed by atoms with Crippen LogP contribution in [0.5, 0.6) is 0 Å². The molecule has 4 nitrogen and oxygen atoms in total. The van der Waals surface area contributed by atoms with Gasteiger partial charge in [0.1, 0.15) is 0 Å². The zero-order chi connectivity index (χ0) is 13.4. The number of likely N-dealkylation sites (N-methyl/N-ethyl adjacent to an activating group) is 1. The van der Waals surface area contributed by atoms with Gasteiger partial charge in [-0.1, -0.05) is 26.2 Å². The minimum atomic E-state index is -0.530. The van der Waals surface area contributed by atoms with E-state index in [1.807, 2.05) is 11.9 Å². The molecule has 2 N–H and O–H groups in total. The van der Waals surface area contributed by atoms with E-state index in [1.165, 1.54) is 0 Å². The maximum absolute atomic E-state index is 10.3. The Hall–Kier alpha value is -0.160. The topological polar surface area (TPSA) is 52.9 Å². The molecule has 0 amide bonds. The Morgan fingerprint density at radius 1 is 1.33 bits per heavy atom. The van der Waals surface area contributed by atoms with Crippen molar-refractivity contribution in [3.63, 3.8) is 0 Å². The van der Waals surface area contributed by atoms with Crippen LogP contribution < -0.4 is 0 Å². The third-order valence-electron chi connectivity index (χ3n) is 3.57. The lowest BCUT2D eigenvalue weighted by Crippen LogP contribution is -2.43. The van der Waals surface area contributed by atoms with Crippen LogP contribution in [-0.4, -0.2) is 60.2 Å². The highest BCUT2D eigenvalue weighted by Gasteiger charge is 2.32. The Balaban J connectivity index is 2.12. The van der Waals surface area contributed by atoms with Crippen molar-refractivity contribution in [2.75, 3.05) is 33.4 Å². The third-order valence-corrected chi connectivity index (χ3v) is 3.57. The largest absolute Gasteiger partial charge is 0.389 e. The molecule has 0 aromatic carbocycles. The van der Waals surface area contributed by atoms with Crippen molar-refractivity contribution in [1.82, 2.24) is 4.90 Å². The molecule has 1 aliphatic carbocycles. The molecule has 4 heteroatoms. The van der Waals surface area contributed by atoms with Crippen molar-refractivity contribution in [1.29, 1.82) is 0 Å². The maximum Gasteiger partial charge on any atom is 0.0900 e. The Bertz CT molecular complexity index is 217. The molecule has 0 saturated heterocycles. The summed E-state index contributed by atoms with van der Waals surface area (Å²) in [6.45, 7) is 4.45. The summed E-state index contributed by atoms with van der Waals surface area (Å²) in [5.74, 6) is 0. The third kappa shape index (κ3) is 6.14. The summed E-state index contributed by atoms with van der Waals surface area (Å²) in [6.07, 6.45) is 5.71. The number of nitrogens with zero attached hydrogens (tertiary/aromatic N) is 1. The minimum absolute atomic E-state index is 0.392. The maximum atomic E-state index is 10.3. The predicted octanol–water partition coefficient (Wildman–Crippen LogP) is 1.40. The van der Waals surface area contributed by atoms with E-state index in [1.54, 1.807) is 0 Å². The summed E-state index contributed by atoms with van der Waals surface area (Å²) in [6, 6.07) is 0. The highest BCUT2D eigenvalue weighted by Crippen LogP contribution is 2.29. The van der Waals surface area contributed by atoms with Crippen LogP contribution in [0.3, 0.4) is 0 Å². The van der Waals surface area contributed by atoms with E-state index in [-0.39, 0.29) is 0 Å². The summed E-state index contributed by atoms with van der Waals surface area (Å²) in [5, 5.41) is 20.1. The lowest BCUT2D eigenvalue weighted by molar-refractivity contribution is -0.0136. The van der Waals surface area contributed by atoms with Gasteiger partial charge in [0, 0.05) is 19.7 Å². The molecule has 18 heavy (non-hydrogen) atoms. The van der Waals surface area contributed by atoms with Gasteiger partial charge in [0.15, 0.2) is 0 Å². The fourth-order valence-electron chi connectivity index (χ4n) is 2.64. The number of aliphatic hydroxyl groups is 2. The summed E-state index contributed by atoms with van der Waals surface area (Å²) >= 11 is 0. The first-order valence-electron chi connectivity index (χ1n) is 7.22. The average molecular weight is 259 g/mol. The lowest BCUT2D eigenvalue weighted by Gasteiger charge is -2.29. The number of rotatable bonds is 9. The summed E-state index contributed by atoms with van der Waals surface area (Å²) in [4.78, 5) is 2.01. The molecule has 0 spiro atoms. The average Bonchev–Trinajstić information content (AvgIpc) is 2.70. The van der Waals surface area contributed by atoms with Crippen LogP contribution >= 0.6 is 0 Å². The second-order valence-corrected chi connectivity index (χ2v) is 5.71. The number of ether oxygens (including phenoxy) is 1. The molecule has 0 aromatic heterocycles. The van der Waals surface area contributed by atoms with Crippen molar-refractivity contribution < 1.29 is 14.9 Å². The van der Waals surface area contributed by atoms with Gasteiger partial charge >= 0.3 is 0 Å². The van der Waals surface area contributed by atoms with Crippen LogP contribution in [0.4, 0.5) is 0 Å². The van der Waals surface area contributed by atoms with Crippen LogP contribution in [0.25, 0.3) is 0 Å². The van der Waals surface area contributed by atoms with Crippen LogP contribution in [0.1, 0.15) is 45.4 Å². The summed E-state index contributed by atoms with van der Waals surface area (Å²) in [5.41, 5.74) is -0.530. The molecular formula is C14H29NO3. The molecule has 1 aliphatic rings. The zero-order valence-corrected chi connectivity index (χ0v) is 11.9. The standard InChI is InChI=1S/C14H29NO3/c1-3-4-9-18-11-13(16)10-15(2)12-14(17)7-5-6-8-14/h13,16-17H,3-12H2,1-2H3. The van der Waals surface area contributed by atoms with Crippen molar-refractivity contribution in [3.8, 4) is 0 Å². The molecule has 0 heterocycles. The molecule has 0 bridgehead atoms. The lowest BCUT2D eigenvalue weighted by atomic mass is 10.0. The van der Waals surface area contributed by atoms with Gasteiger partial charge in [-0.3, -0.25) is 0 Å². The molecule has 0 aromatic rings. The van der Waals surface area contributed by atoms with Gasteiger partial charge < -0.3 is 19.8 Å². The number of hydrogen-bond acceptors (Lipinski definition) is 4. The fourth-order valence-corrected chi connectivity index (χ4v) is 2.64. The highest BCUT2D eigenvalue weighted by molar-refractivity contribution is 4.87. The van der Waals surface area contributed by atoms with Crippen molar-refractivity contribution in [2.45, 2.75) is 57.2 Å². The van der Waals surface area contributed by atoms with Gasteiger partial charge in [-0.05, 0) is 26.3 Å². The van der Waals surface area contributed by atoms with Gasteiger partial charge in [-0.25, -0.2) is 0 Å². The first-order valence-corrected chi connectivity index (χ1v) is 7.22. The number of aliphatic hydroxyl groups excluding tert-OH is 1. The van der Waals surface area contributed by atoms with Crippen LogP contribution in [0.2, 0.25) is 0 Å². The minimum Gasteiger partial charge on any atom is -0.389 e. The summed E-state index contributed by atoms with van der Waals surface area (Å²) in [7, 11) is 1.95. The van der Waals surface area contributed by atoms with Gasteiger partial charge in [0.2, 0.25) is 0 Å². The summed E-state index contributed by atoms with van der Waals surface area (Å²) < 4.78 is 5.39. The number of unbranched alkanes of at least 4 members (excludes halogenated alkanes) is 1. The molecule has 1 unspecified atom stereocenters. The smallest absolute Gasteiger partial charge is 0.0900 e. The van der Waals surface area contributed by atoms with E-state index in [9.17, 15) is 10.2 Å². The molecular weight excluding hydrogens is 230 g/mol. The van der Waals surface area contributed by atoms with Gasteiger partial charge in [0.25, 0.3) is 0 Å². The first kappa shape index (κ1) is 15.9. The fraction of sp³-hybridized carbons (Fsp3) is 1.00. The second-order valence-electron chi connectivity index (χ2n) is 5.71. The zero-order valence-electron chi connectivity index (χ0n) is 11.9. The molecule has 108 valence electrons. The number of hydrogen-bond donors (Lipinski definition) is 2. The Kier molecular flexibility index (Phi) is 7.15. The normalized spacial score (nSPS) is 20.5. The van der Waals surface area contributed by atoms with E-state index in [2.05, 4.69) is 6.92 Å². The van der Waals surface area contributed by atoms with E-state index in [0.29, 0.717) is 19.7 Å². The Morgan fingerprint density at radius 2 is 2.00 bits per heavy atom. The van der Waals surface area contributed by atoms with E-state index < -0.39 is 11.7 Å². The van der Waals surface area contributed by atoms with Crippen LogP contribution in [0.15, 0.2) is 0 Å². The van der Waals surface area contributed by atoms with Crippen molar-refractivity contribution in [3.05, 3.63) is 0 Å². The molecule has 1 saturated carbocycles. The SMILES string of the molecule is CCCCOCC(O)CN(C)CC1(O)CCCC1. The monoisotopic (exact) mass is 259 g/mol. The second kappa shape index (κ2) is 8.10. The van der Waals surface area contributed by atoms with Crippen LogP contribution in [0, 0.1) is 0 Å². The molecule has 1 atom stereocenters.